The third kappa shape index (κ3) is 8.38. The highest BCUT2D eigenvalue weighted by Gasteiger charge is 2.34. The van der Waals surface area contributed by atoms with Gasteiger partial charge >= 0.3 is 0 Å². The fourth-order valence-corrected chi connectivity index (χ4v) is 6.99. The summed E-state index contributed by atoms with van der Waals surface area (Å²) in [5.74, 6) is -0.0870. The molecule has 1 fully saturated rings. The van der Waals surface area contributed by atoms with Crippen LogP contribution in [0.25, 0.3) is 0 Å². The number of anilines is 1. The Bertz CT molecular complexity index is 1470. The third-order valence-corrected chi connectivity index (χ3v) is 9.99. The monoisotopic (exact) mass is 669 g/mol. The van der Waals surface area contributed by atoms with Gasteiger partial charge in [-0.1, -0.05) is 65.5 Å². The summed E-state index contributed by atoms with van der Waals surface area (Å²) >= 11 is 3.36. The molecule has 3 aromatic carbocycles. The van der Waals surface area contributed by atoms with Crippen LogP contribution in [-0.4, -0.2) is 50.4 Å². The molecule has 1 aliphatic rings. The van der Waals surface area contributed by atoms with E-state index in [2.05, 4.69) is 21.2 Å². The Balaban J connectivity index is 1.71. The zero-order chi connectivity index (χ0) is 31.0. The fourth-order valence-electron chi connectivity index (χ4n) is 5.32. The van der Waals surface area contributed by atoms with Crippen molar-refractivity contribution in [2.45, 2.75) is 76.4 Å². The molecular formula is C33H40BrN3O5S. The van der Waals surface area contributed by atoms with Crippen molar-refractivity contribution in [2.24, 2.45) is 0 Å². The van der Waals surface area contributed by atoms with Gasteiger partial charge in [-0.25, -0.2) is 8.42 Å². The first-order valence-electron chi connectivity index (χ1n) is 14.8. The van der Waals surface area contributed by atoms with Crippen molar-refractivity contribution in [2.75, 3.05) is 17.5 Å². The van der Waals surface area contributed by atoms with Crippen LogP contribution in [-0.2, 0) is 26.2 Å². The van der Waals surface area contributed by atoms with E-state index >= 15 is 0 Å². The first-order valence-corrected chi connectivity index (χ1v) is 17.0. The topological polar surface area (TPSA) is 96.0 Å². The summed E-state index contributed by atoms with van der Waals surface area (Å²) in [5, 5.41) is 3.14. The lowest BCUT2D eigenvalue weighted by atomic mass is 10.1. The largest absolute Gasteiger partial charge is 0.494 e. The maximum atomic E-state index is 14.2. The summed E-state index contributed by atoms with van der Waals surface area (Å²) in [5.41, 5.74) is 2.25. The van der Waals surface area contributed by atoms with E-state index in [0.717, 1.165) is 45.6 Å². The SMILES string of the molecule is CCOc1ccc(N(CC(=O)N(Cc2ccc(C)cc2)[C@@H](CC)C(=O)NC2CCCC2)S(=O)(=O)c2ccc(Br)cc2)cc1. The Morgan fingerprint density at radius 3 is 2.16 bits per heavy atom. The molecule has 1 atom stereocenters. The number of hydrogen-bond acceptors (Lipinski definition) is 5. The molecule has 0 aliphatic heterocycles. The van der Waals surface area contributed by atoms with E-state index < -0.39 is 28.5 Å². The average molecular weight is 671 g/mol. The number of rotatable bonds is 13. The molecule has 0 heterocycles. The van der Waals surface area contributed by atoms with Crippen molar-refractivity contribution in [1.82, 2.24) is 10.2 Å². The van der Waals surface area contributed by atoms with Gasteiger partial charge in [0.05, 0.1) is 17.2 Å². The maximum Gasteiger partial charge on any atom is 0.264 e. The second-order valence-corrected chi connectivity index (χ2v) is 13.6. The Morgan fingerprint density at radius 1 is 0.953 bits per heavy atom. The number of nitrogens with one attached hydrogen (secondary N) is 1. The lowest BCUT2D eigenvalue weighted by molar-refractivity contribution is -0.140. The number of sulfonamides is 1. The second kappa shape index (κ2) is 14.9. The van der Waals surface area contributed by atoms with Crippen LogP contribution in [0, 0.1) is 6.92 Å². The van der Waals surface area contributed by atoms with E-state index in [1.54, 1.807) is 36.4 Å². The molecule has 10 heteroatoms. The molecule has 3 aromatic rings. The average Bonchev–Trinajstić information content (AvgIpc) is 3.50. The molecule has 230 valence electrons. The molecular weight excluding hydrogens is 630 g/mol. The van der Waals surface area contributed by atoms with Gasteiger partial charge in [-0.3, -0.25) is 13.9 Å². The van der Waals surface area contributed by atoms with Crippen molar-refractivity contribution < 1.29 is 22.7 Å². The molecule has 1 saturated carbocycles. The Kier molecular flexibility index (Phi) is 11.3. The van der Waals surface area contributed by atoms with Gasteiger partial charge in [0.15, 0.2) is 0 Å². The van der Waals surface area contributed by atoms with Gasteiger partial charge in [-0.15, -0.1) is 0 Å². The highest BCUT2D eigenvalue weighted by molar-refractivity contribution is 9.10. The number of hydrogen-bond donors (Lipinski definition) is 1. The van der Waals surface area contributed by atoms with E-state index in [1.165, 1.54) is 17.0 Å². The highest BCUT2D eigenvalue weighted by Crippen LogP contribution is 2.28. The molecule has 0 bridgehead atoms. The van der Waals surface area contributed by atoms with Gasteiger partial charge < -0.3 is 15.0 Å². The number of carbonyl (C=O) groups is 2. The Morgan fingerprint density at radius 2 is 1.58 bits per heavy atom. The van der Waals surface area contributed by atoms with Gasteiger partial charge in [-0.2, -0.15) is 0 Å². The summed E-state index contributed by atoms with van der Waals surface area (Å²) in [6.07, 6.45) is 4.37. The first-order chi connectivity index (χ1) is 20.6. The van der Waals surface area contributed by atoms with Crippen LogP contribution < -0.4 is 14.4 Å². The van der Waals surface area contributed by atoms with E-state index in [1.807, 2.05) is 45.0 Å². The minimum Gasteiger partial charge on any atom is -0.494 e. The van der Waals surface area contributed by atoms with E-state index in [-0.39, 0.29) is 23.4 Å². The normalized spacial score (nSPS) is 14.2. The molecule has 2 amide bonds. The van der Waals surface area contributed by atoms with E-state index in [4.69, 9.17) is 4.74 Å². The van der Waals surface area contributed by atoms with Crippen LogP contribution in [0.2, 0.25) is 0 Å². The molecule has 0 aromatic heterocycles. The fraction of sp³-hybridized carbons (Fsp3) is 0.394. The molecule has 1 aliphatic carbocycles. The number of ether oxygens (including phenoxy) is 1. The van der Waals surface area contributed by atoms with Crippen molar-refractivity contribution >= 4 is 43.5 Å². The van der Waals surface area contributed by atoms with Gasteiger partial charge in [0, 0.05) is 17.1 Å². The van der Waals surface area contributed by atoms with E-state index in [0.29, 0.717) is 24.5 Å². The van der Waals surface area contributed by atoms with Crippen LogP contribution in [0.15, 0.2) is 82.2 Å². The molecule has 0 spiro atoms. The molecule has 1 N–H and O–H groups in total. The van der Waals surface area contributed by atoms with Crippen LogP contribution in [0.3, 0.4) is 0 Å². The van der Waals surface area contributed by atoms with Crippen molar-refractivity contribution in [3.8, 4) is 5.75 Å². The predicted molar refractivity (Wildman–Crippen MR) is 172 cm³/mol. The summed E-state index contributed by atoms with van der Waals surface area (Å²) in [6, 6.07) is 20.0. The number of nitrogens with zero attached hydrogens (tertiary/aromatic N) is 2. The van der Waals surface area contributed by atoms with Gasteiger partial charge in [0.2, 0.25) is 11.8 Å². The standard InChI is InChI=1S/C33H40BrN3O5S/c1-4-31(33(39)35-27-8-6-7-9-27)36(22-25-12-10-24(3)11-13-25)32(38)23-37(28-16-18-29(19-17-28)42-5-2)43(40,41)30-20-14-26(34)15-21-30/h10-21,27,31H,4-9,22-23H2,1-3H3,(H,35,39)/t31-/m0/s1. The zero-order valence-corrected chi connectivity index (χ0v) is 27.4. The number of benzene rings is 3. The maximum absolute atomic E-state index is 14.2. The summed E-state index contributed by atoms with van der Waals surface area (Å²) in [7, 11) is -4.15. The summed E-state index contributed by atoms with van der Waals surface area (Å²) in [4.78, 5) is 29.4. The molecule has 43 heavy (non-hydrogen) atoms. The first kappa shape index (κ1) is 32.5. The van der Waals surface area contributed by atoms with Gasteiger partial charge in [-0.05, 0) is 87.2 Å². The second-order valence-electron chi connectivity index (χ2n) is 10.8. The predicted octanol–water partition coefficient (Wildman–Crippen LogP) is 6.22. The number of carbonyl (C=O) groups excluding carboxylic acids is 2. The Hall–Kier alpha value is -3.37. The lowest BCUT2D eigenvalue weighted by Crippen LogP contribution is -2.53. The molecule has 0 radical (unpaired) electrons. The summed E-state index contributed by atoms with van der Waals surface area (Å²) in [6.45, 7) is 5.88. The molecule has 8 nitrogen and oxygen atoms in total. The minimum atomic E-state index is -4.15. The summed E-state index contributed by atoms with van der Waals surface area (Å²) < 4.78 is 35.5. The minimum absolute atomic E-state index is 0.0495. The third-order valence-electron chi connectivity index (χ3n) is 7.68. The quantitative estimate of drug-likeness (QED) is 0.233. The number of halogens is 1. The molecule has 0 unspecified atom stereocenters. The van der Waals surface area contributed by atoms with Crippen molar-refractivity contribution in [3.05, 3.63) is 88.4 Å². The Labute approximate surface area is 263 Å². The molecule has 4 rings (SSSR count). The van der Waals surface area contributed by atoms with E-state index in [9.17, 15) is 18.0 Å². The highest BCUT2D eigenvalue weighted by atomic mass is 79.9. The lowest BCUT2D eigenvalue weighted by Gasteiger charge is -2.33. The van der Waals surface area contributed by atoms with Crippen molar-refractivity contribution in [3.63, 3.8) is 0 Å². The van der Waals surface area contributed by atoms with Crippen LogP contribution in [0.5, 0.6) is 5.75 Å². The smallest absolute Gasteiger partial charge is 0.264 e. The molecule has 0 saturated heterocycles. The number of aryl methyl sites for hydroxylation is 1. The van der Waals surface area contributed by atoms with Crippen LogP contribution in [0.1, 0.15) is 57.1 Å². The van der Waals surface area contributed by atoms with Crippen molar-refractivity contribution in [1.29, 1.82) is 0 Å². The number of amides is 2. The van der Waals surface area contributed by atoms with Crippen LogP contribution >= 0.6 is 15.9 Å². The zero-order valence-electron chi connectivity index (χ0n) is 25.0. The van der Waals surface area contributed by atoms with Gasteiger partial charge in [0.25, 0.3) is 10.0 Å². The van der Waals surface area contributed by atoms with Gasteiger partial charge in [0.1, 0.15) is 18.3 Å². The van der Waals surface area contributed by atoms with Crippen LogP contribution in [0.4, 0.5) is 5.69 Å².